The highest BCUT2D eigenvalue weighted by atomic mass is 16.2. The lowest BCUT2D eigenvalue weighted by Crippen LogP contribution is -2.35. The fourth-order valence-electron chi connectivity index (χ4n) is 3.40. The molecular formula is C16H30N2O. The van der Waals surface area contributed by atoms with Gasteiger partial charge in [0, 0.05) is 25.4 Å². The predicted molar refractivity (Wildman–Crippen MR) is 78.8 cm³/mol. The van der Waals surface area contributed by atoms with Gasteiger partial charge in [-0.05, 0) is 38.1 Å². The third-order valence-electron chi connectivity index (χ3n) is 5.12. The normalized spacial score (nSPS) is 22.2. The number of hydrogen-bond donors (Lipinski definition) is 1. The molecule has 0 spiro atoms. The van der Waals surface area contributed by atoms with Gasteiger partial charge in [-0.3, -0.25) is 4.79 Å². The molecular weight excluding hydrogens is 236 g/mol. The minimum atomic E-state index is 0.272. The minimum Gasteiger partial charge on any atom is -0.345 e. The average molecular weight is 266 g/mol. The summed E-state index contributed by atoms with van der Waals surface area (Å²) >= 11 is 0. The molecule has 1 amide bonds. The highest BCUT2D eigenvalue weighted by molar-refractivity contribution is 5.75. The van der Waals surface area contributed by atoms with Crippen LogP contribution in [0, 0.1) is 11.3 Å². The summed E-state index contributed by atoms with van der Waals surface area (Å²) in [5.41, 5.74) is 6.05. The molecule has 0 aromatic rings. The van der Waals surface area contributed by atoms with Crippen molar-refractivity contribution in [2.45, 2.75) is 64.2 Å². The molecule has 0 atom stereocenters. The summed E-state index contributed by atoms with van der Waals surface area (Å²) in [5.74, 6) is 1.21. The smallest absolute Gasteiger partial charge is 0.222 e. The second-order valence-electron chi connectivity index (χ2n) is 6.85. The molecule has 0 bridgehead atoms. The van der Waals surface area contributed by atoms with Gasteiger partial charge in [-0.25, -0.2) is 0 Å². The Bertz CT molecular complexity index is 293. The largest absolute Gasteiger partial charge is 0.345 e. The van der Waals surface area contributed by atoms with Crippen molar-refractivity contribution in [3.05, 3.63) is 0 Å². The van der Waals surface area contributed by atoms with E-state index in [1.165, 1.54) is 51.4 Å². The number of nitrogens with zero attached hydrogens (tertiary/aromatic N) is 1. The Morgan fingerprint density at radius 3 is 2.53 bits per heavy atom. The molecule has 2 aliphatic rings. The molecule has 3 heteroatoms. The fraction of sp³-hybridized carbons (Fsp3) is 0.938. The van der Waals surface area contributed by atoms with Crippen LogP contribution in [0.25, 0.3) is 0 Å². The summed E-state index contributed by atoms with van der Waals surface area (Å²) in [4.78, 5) is 14.0. The summed E-state index contributed by atoms with van der Waals surface area (Å²) in [5, 5.41) is 0. The molecule has 0 radical (unpaired) electrons. The molecule has 2 aliphatic carbocycles. The van der Waals surface area contributed by atoms with E-state index in [1.807, 2.05) is 11.9 Å². The van der Waals surface area contributed by atoms with Crippen molar-refractivity contribution in [3.63, 3.8) is 0 Å². The van der Waals surface area contributed by atoms with Crippen LogP contribution in [0.1, 0.15) is 64.2 Å². The maximum Gasteiger partial charge on any atom is 0.222 e. The molecule has 0 aliphatic heterocycles. The first-order valence-corrected chi connectivity index (χ1v) is 8.09. The average Bonchev–Trinajstić information content (AvgIpc) is 3.20. The molecule has 0 aromatic heterocycles. The molecule has 110 valence electrons. The first-order chi connectivity index (χ1) is 9.15. The van der Waals surface area contributed by atoms with E-state index in [-0.39, 0.29) is 5.41 Å². The van der Waals surface area contributed by atoms with Crippen molar-refractivity contribution in [2.24, 2.45) is 17.1 Å². The van der Waals surface area contributed by atoms with Crippen LogP contribution in [-0.4, -0.2) is 30.9 Å². The zero-order valence-corrected chi connectivity index (χ0v) is 12.5. The number of carbonyl (C=O) groups excluding carboxylic acids is 1. The van der Waals surface area contributed by atoms with Gasteiger partial charge in [0.2, 0.25) is 5.91 Å². The maximum atomic E-state index is 12.1. The molecule has 19 heavy (non-hydrogen) atoms. The lowest BCUT2D eigenvalue weighted by atomic mass is 9.86. The van der Waals surface area contributed by atoms with Gasteiger partial charge in [0.25, 0.3) is 0 Å². The second-order valence-corrected chi connectivity index (χ2v) is 6.85. The van der Waals surface area contributed by atoms with Gasteiger partial charge in [-0.15, -0.1) is 0 Å². The van der Waals surface area contributed by atoms with Crippen LogP contribution in [0.4, 0.5) is 0 Å². The minimum absolute atomic E-state index is 0.272. The molecule has 0 aromatic carbocycles. The van der Waals surface area contributed by atoms with Gasteiger partial charge >= 0.3 is 0 Å². The number of nitrogens with two attached hydrogens (primary N) is 1. The summed E-state index contributed by atoms with van der Waals surface area (Å²) in [6.07, 6.45) is 12.4. The molecule has 2 N–H and O–H groups in total. The number of amides is 1. The van der Waals surface area contributed by atoms with E-state index in [2.05, 4.69) is 0 Å². The third kappa shape index (κ3) is 4.48. The third-order valence-corrected chi connectivity index (χ3v) is 5.12. The molecule has 0 heterocycles. The van der Waals surface area contributed by atoms with Gasteiger partial charge in [0.15, 0.2) is 0 Å². The van der Waals surface area contributed by atoms with Gasteiger partial charge in [0.1, 0.15) is 0 Å². The second kappa shape index (κ2) is 6.74. The van der Waals surface area contributed by atoms with Crippen LogP contribution in [0.2, 0.25) is 0 Å². The topological polar surface area (TPSA) is 46.3 Å². The molecule has 0 saturated heterocycles. The number of hydrogen-bond acceptors (Lipinski definition) is 2. The van der Waals surface area contributed by atoms with Crippen molar-refractivity contribution in [1.82, 2.24) is 4.90 Å². The van der Waals surface area contributed by atoms with Crippen molar-refractivity contribution < 1.29 is 4.79 Å². The van der Waals surface area contributed by atoms with E-state index in [9.17, 15) is 4.79 Å². The van der Waals surface area contributed by atoms with Crippen molar-refractivity contribution in [2.75, 3.05) is 20.1 Å². The van der Waals surface area contributed by atoms with Crippen LogP contribution >= 0.6 is 0 Å². The zero-order valence-electron chi connectivity index (χ0n) is 12.5. The Labute approximate surface area is 117 Å². The van der Waals surface area contributed by atoms with E-state index in [0.717, 1.165) is 31.8 Å². The molecule has 0 unspecified atom stereocenters. The monoisotopic (exact) mass is 266 g/mol. The quantitative estimate of drug-likeness (QED) is 0.770. The Morgan fingerprint density at radius 2 is 1.95 bits per heavy atom. The maximum absolute atomic E-state index is 12.1. The van der Waals surface area contributed by atoms with Gasteiger partial charge < -0.3 is 10.6 Å². The van der Waals surface area contributed by atoms with E-state index >= 15 is 0 Å². The van der Waals surface area contributed by atoms with E-state index in [0.29, 0.717) is 5.91 Å². The highest BCUT2D eigenvalue weighted by Gasteiger charge is 2.42. The van der Waals surface area contributed by atoms with Gasteiger partial charge in [-0.2, -0.15) is 0 Å². The summed E-state index contributed by atoms with van der Waals surface area (Å²) in [6, 6.07) is 0. The van der Waals surface area contributed by atoms with E-state index in [1.54, 1.807) is 0 Å². The summed E-state index contributed by atoms with van der Waals surface area (Å²) in [6.45, 7) is 1.60. The summed E-state index contributed by atoms with van der Waals surface area (Å²) in [7, 11) is 1.94. The lowest BCUT2D eigenvalue weighted by Gasteiger charge is -2.24. The molecule has 2 saturated carbocycles. The fourth-order valence-corrected chi connectivity index (χ4v) is 3.40. The Balaban J connectivity index is 1.60. The molecule has 3 nitrogen and oxygen atoms in total. The standard InChI is InChI=1S/C16H30N2O/c1-18(13-16(12-17)10-11-16)15(19)9-5-8-14-6-3-2-4-7-14/h14H,2-13,17H2,1H3. The predicted octanol–water partition coefficient (Wildman–Crippen LogP) is 2.93. The van der Waals surface area contributed by atoms with Crippen LogP contribution in [0.5, 0.6) is 0 Å². The van der Waals surface area contributed by atoms with E-state index in [4.69, 9.17) is 5.73 Å². The van der Waals surface area contributed by atoms with Gasteiger partial charge in [0.05, 0.1) is 0 Å². The van der Waals surface area contributed by atoms with Crippen LogP contribution in [-0.2, 0) is 4.79 Å². The molecule has 2 rings (SSSR count). The van der Waals surface area contributed by atoms with Crippen molar-refractivity contribution >= 4 is 5.91 Å². The lowest BCUT2D eigenvalue weighted by molar-refractivity contribution is -0.130. The zero-order chi connectivity index (χ0) is 13.7. The van der Waals surface area contributed by atoms with Gasteiger partial charge in [-0.1, -0.05) is 32.1 Å². The van der Waals surface area contributed by atoms with E-state index < -0.39 is 0 Å². The Hall–Kier alpha value is -0.570. The number of carbonyl (C=O) groups is 1. The Kier molecular flexibility index (Phi) is 5.26. The highest BCUT2D eigenvalue weighted by Crippen LogP contribution is 2.44. The first-order valence-electron chi connectivity index (χ1n) is 8.09. The van der Waals surface area contributed by atoms with Crippen molar-refractivity contribution in [1.29, 1.82) is 0 Å². The number of rotatable bonds is 7. The van der Waals surface area contributed by atoms with Crippen LogP contribution < -0.4 is 5.73 Å². The SMILES string of the molecule is CN(CC1(CN)CC1)C(=O)CCCC1CCCCC1. The molecule has 2 fully saturated rings. The van der Waals surface area contributed by atoms with Crippen LogP contribution in [0.15, 0.2) is 0 Å². The van der Waals surface area contributed by atoms with Crippen LogP contribution in [0.3, 0.4) is 0 Å². The summed E-state index contributed by atoms with van der Waals surface area (Å²) < 4.78 is 0. The van der Waals surface area contributed by atoms with Crippen molar-refractivity contribution in [3.8, 4) is 0 Å². The first kappa shape index (κ1) is 14.8. The Morgan fingerprint density at radius 1 is 1.26 bits per heavy atom.